The second kappa shape index (κ2) is 6.98. The van der Waals surface area contributed by atoms with Gasteiger partial charge in [0.1, 0.15) is 0 Å². The first-order valence-corrected chi connectivity index (χ1v) is 7.31. The van der Waals surface area contributed by atoms with E-state index in [4.69, 9.17) is 23.2 Å². The van der Waals surface area contributed by atoms with Gasteiger partial charge < -0.3 is 5.32 Å². The number of thiol groups is 1. The van der Waals surface area contributed by atoms with Crippen molar-refractivity contribution in [2.45, 2.75) is 38.6 Å². The maximum Gasteiger partial charge on any atom is 0.186 e. The first-order chi connectivity index (χ1) is 8.69. The molecule has 0 amide bonds. The Hall–Kier alpha value is -0.220. The van der Waals surface area contributed by atoms with Crippen LogP contribution >= 0.6 is 35.8 Å². The second-order valence-electron chi connectivity index (χ2n) is 5.60. The van der Waals surface area contributed by atoms with Gasteiger partial charge in [0.2, 0.25) is 0 Å². The molecule has 0 heterocycles. The van der Waals surface area contributed by atoms with E-state index in [-0.39, 0.29) is 16.6 Å². The van der Waals surface area contributed by atoms with Crippen molar-refractivity contribution >= 4 is 40.9 Å². The molecule has 0 saturated heterocycles. The van der Waals surface area contributed by atoms with Gasteiger partial charge in [0.15, 0.2) is 5.12 Å². The highest BCUT2D eigenvalue weighted by Crippen LogP contribution is 2.28. The summed E-state index contributed by atoms with van der Waals surface area (Å²) in [5.41, 5.74) is 0.988. The summed E-state index contributed by atoms with van der Waals surface area (Å²) < 4.78 is 0. The summed E-state index contributed by atoms with van der Waals surface area (Å²) in [6, 6.07) is 5.47. The Kier molecular flexibility index (Phi) is 6.18. The molecular weight excluding hydrogens is 301 g/mol. The molecule has 0 aliphatic carbocycles. The first-order valence-electron chi connectivity index (χ1n) is 6.11. The molecule has 1 atom stereocenters. The molecule has 0 aliphatic heterocycles. The number of rotatable bonds is 5. The van der Waals surface area contributed by atoms with Gasteiger partial charge in [-0.3, -0.25) is 4.79 Å². The molecule has 0 aromatic heterocycles. The fourth-order valence-electron chi connectivity index (χ4n) is 1.71. The number of nitrogens with one attached hydrogen (secondary N) is 1. The summed E-state index contributed by atoms with van der Waals surface area (Å²) in [6.45, 7) is 6.94. The Morgan fingerprint density at radius 1 is 1.32 bits per heavy atom. The summed E-state index contributed by atoms with van der Waals surface area (Å²) in [5.74, 6) is 0.0407. The summed E-state index contributed by atoms with van der Waals surface area (Å²) in [6.07, 6.45) is 0.365. The van der Waals surface area contributed by atoms with Crippen LogP contribution in [-0.4, -0.2) is 17.2 Å². The van der Waals surface area contributed by atoms with Crippen LogP contribution in [0.5, 0.6) is 0 Å². The van der Waals surface area contributed by atoms with Crippen LogP contribution in [-0.2, 0) is 4.79 Å². The van der Waals surface area contributed by atoms with E-state index >= 15 is 0 Å². The maximum atomic E-state index is 11.3. The molecule has 0 radical (unpaired) electrons. The van der Waals surface area contributed by atoms with Crippen LogP contribution in [0.15, 0.2) is 18.2 Å². The molecule has 0 aliphatic rings. The Labute approximate surface area is 130 Å². The predicted molar refractivity (Wildman–Crippen MR) is 85.6 cm³/mol. The van der Waals surface area contributed by atoms with E-state index in [1.807, 2.05) is 12.1 Å². The van der Waals surface area contributed by atoms with Gasteiger partial charge in [-0.05, 0) is 38.5 Å². The predicted octanol–water partition coefficient (Wildman–Crippen LogP) is 4.31. The minimum atomic E-state index is -0.133. The third-order valence-electron chi connectivity index (χ3n) is 2.71. The number of halogens is 2. The van der Waals surface area contributed by atoms with Gasteiger partial charge in [-0.1, -0.05) is 29.3 Å². The molecule has 0 spiro atoms. The molecule has 106 valence electrons. The van der Waals surface area contributed by atoms with Gasteiger partial charge in [-0.15, -0.1) is 12.6 Å². The quantitative estimate of drug-likeness (QED) is 0.792. The average molecular weight is 320 g/mol. The summed E-state index contributed by atoms with van der Waals surface area (Å²) in [4.78, 5) is 11.3. The van der Waals surface area contributed by atoms with Crippen LogP contribution in [0, 0.1) is 0 Å². The van der Waals surface area contributed by atoms with Crippen molar-refractivity contribution < 1.29 is 4.79 Å². The maximum absolute atomic E-state index is 11.3. The number of carbonyl (C=O) groups excluding carboxylic acids is 1. The lowest BCUT2D eigenvalue weighted by atomic mass is 9.95. The molecule has 19 heavy (non-hydrogen) atoms. The van der Waals surface area contributed by atoms with E-state index in [1.165, 1.54) is 0 Å². The zero-order valence-corrected chi connectivity index (χ0v) is 13.7. The van der Waals surface area contributed by atoms with Crippen LogP contribution in [0.25, 0.3) is 0 Å². The lowest BCUT2D eigenvalue weighted by Gasteiger charge is -2.25. The molecule has 0 fully saturated rings. The Balaban J connectivity index is 2.89. The molecule has 0 saturated carbocycles. The van der Waals surface area contributed by atoms with Gasteiger partial charge in [0, 0.05) is 24.4 Å². The van der Waals surface area contributed by atoms with Crippen molar-refractivity contribution in [1.82, 2.24) is 5.32 Å². The number of hydrogen-bond donors (Lipinski definition) is 2. The fraction of sp³-hybridized carbons (Fsp3) is 0.500. The standard InChI is InChI=1S/C14H19Cl2NOS/c1-14(2,3)17-8-10(7-13(18)19)9-4-5-11(15)12(16)6-9/h4-6,10,17H,7-8H2,1-3H3,(H,18,19). The molecule has 1 aromatic carbocycles. The normalized spacial score (nSPS) is 13.4. The van der Waals surface area contributed by atoms with Crippen LogP contribution < -0.4 is 5.32 Å². The summed E-state index contributed by atoms with van der Waals surface area (Å²) in [5, 5.41) is 4.29. The molecule has 1 aromatic rings. The number of carbonyl (C=O) groups is 1. The average Bonchev–Trinajstić information content (AvgIpc) is 2.26. The van der Waals surface area contributed by atoms with Crippen molar-refractivity contribution in [3.8, 4) is 0 Å². The SMILES string of the molecule is CC(C)(C)NCC(CC(=O)S)c1ccc(Cl)c(Cl)c1. The van der Waals surface area contributed by atoms with E-state index in [9.17, 15) is 4.79 Å². The van der Waals surface area contributed by atoms with E-state index < -0.39 is 0 Å². The minimum absolute atomic E-state index is 0.00584. The van der Waals surface area contributed by atoms with Crippen LogP contribution in [0.1, 0.15) is 38.7 Å². The minimum Gasteiger partial charge on any atom is -0.311 e. The smallest absolute Gasteiger partial charge is 0.186 e. The van der Waals surface area contributed by atoms with Gasteiger partial charge in [0.05, 0.1) is 10.0 Å². The van der Waals surface area contributed by atoms with Crippen LogP contribution in [0.4, 0.5) is 0 Å². The molecule has 0 bridgehead atoms. The Morgan fingerprint density at radius 2 is 1.95 bits per heavy atom. The lowest BCUT2D eigenvalue weighted by Crippen LogP contribution is -2.38. The van der Waals surface area contributed by atoms with Crippen molar-refractivity contribution in [2.75, 3.05) is 6.54 Å². The van der Waals surface area contributed by atoms with E-state index in [0.29, 0.717) is 23.0 Å². The zero-order chi connectivity index (χ0) is 14.6. The molecular formula is C14H19Cl2NOS. The van der Waals surface area contributed by atoms with Crippen molar-refractivity contribution in [3.63, 3.8) is 0 Å². The lowest BCUT2D eigenvalue weighted by molar-refractivity contribution is -0.111. The van der Waals surface area contributed by atoms with Crippen molar-refractivity contribution in [1.29, 1.82) is 0 Å². The van der Waals surface area contributed by atoms with Gasteiger partial charge in [0.25, 0.3) is 0 Å². The summed E-state index contributed by atoms with van der Waals surface area (Å²) in [7, 11) is 0. The monoisotopic (exact) mass is 319 g/mol. The van der Waals surface area contributed by atoms with Crippen LogP contribution in [0.2, 0.25) is 10.0 Å². The van der Waals surface area contributed by atoms with Crippen LogP contribution in [0.3, 0.4) is 0 Å². The Bertz CT molecular complexity index is 457. The highest BCUT2D eigenvalue weighted by Gasteiger charge is 2.18. The molecule has 1 N–H and O–H groups in total. The third kappa shape index (κ3) is 6.17. The molecule has 1 unspecified atom stereocenters. The van der Waals surface area contributed by atoms with E-state index in [1.54, 1.807) is 6.07 Å². The molecule has 2 nitrogen and oxygen atoms in total. The zero-order valence-electron chi connectivity index (χ0n) is 11.3. The molecule has 1 rings (SSSR count). The third-order valence-corrected chi connectivity index (χ3v) is 3.64. The number of hydrogen-bond acceptors (Lipinski definition) is 2. The van der Waals surface area contributed by atoms with Gasteiger partial charge >= 0.3 is 0 Å². The molecule has 5 heteroatoms. The van der Waals surface area contributed by atoms with Crippen molar-refractivity contribution in [3.05, 3.63) is 33.8 Å². The Morgan fingerprint density at radius 3 is 2.42 bits per heavy atom. The second-order valence-corrected chi connectivity index (χ2v) is 6.91. The van der Waals surface area contributed by atoms with Gasteiger partial charge in [-0.2, -0.15) is 0 Å². The fourth-order valence-corrected chi connectivity index (χ4v) is 2.24. The largest absolute Gasteiger partial charge is 0.311 e. The number of benzene rings is 1. The topological polar surface area (TPSA) is 29.1 Å². The van der Waals surface area contributed by atoms with Gasteiger partial charge in [-0.25, -0.2) is 0 Å². The highest BCUT2D eigenvalue weighted by molar-refractivity contribution is 7.96. The van der Waals surface area contributed by atoms with E-state index in [2.05, 4.69) is 38.7 Å². The van der Waals surface area contributed by atoms with Crippen molar-refractivity contribution in [2.24, 2.45) is 0 Å². The summed E-state index contributed by atoms with van der Waals surface area (Å²) >= 11 is 15.8. The first kappa shape index (κ1) is 16.8. The highest BCUT2D eigenvalue weighted by atomic mass is 35.5. The van der Waals surface area contributed by atoms with E-state index in [0.717, 1.165) is 5.56 Å².